The number of nitrogens with two attached hydrogens (primary N) is 1. The minimum Gasteiger partial charge on any atom is -0.389 e. The van der Waals surface area contributed by atoms with Gasteiger partial charge in [-0.05, 0) is 24.5 Å². The van der Waals surface area contributed by atoms with Gasteiger partial charge < -0.3 is 10.6 Å². The van der Waals surface area contributed by atoms with Crippen LogP contribution in [-0.2, 0) is 0 Å². The van der Waals surface area contributed by atoms with Gasteiger partial charge in [-0.25, -0.2) is 0 Å². The van der Waals surface area contributed by atoms with Gasteiger partial charge in [-0.3, -0.25) is 0 Å². The molecule has 0 amide bonds. The molecule has 1 aromatic carbocycles. The van der Waals surface area contributed by atoms with Crippen molar-refractivity contribution in [1.29, 1.82) is 0 Å². The molecule has 0 aliphatic rings. The van der Waals surface area contributed by atoms with E-state index in [0.29, 0.717) is 10.9 Å². The van der Waals surface area contributed by atoms with E-state index in [-0.39, 0.29) is 0 Å². The van der Waals surface area contributed by atoms with Crippen LogP contribution in [0.1, 0.15) is 32.3 Å². The molecule has 2 nitrogen and oxygen atoms in total. The third kappa shape index (κ3) is 4.35. The van der Waals surface area contributed by atoms with Crippen molar-refractivity contribution in [3.8, 4) is 0 Å². The molecule has 0 spiro atoms. The summed E-state index contributed by atoms with van der Waals surface area (Å²) in [6, 6.07) is 8.11. The van der Waals surface area contributed by atoms with Crippen LogP contribution in [0.3, 0.4) is 0 Å². The third-order valence-electron chi connectivity index (χ3n) is 2.94. The first-order valence-corrected chi connectivity index (χ1v) is 6.56. The van der Waals surface area contributed by atoms with Crippen molar-refractivity contribution in [2.24, 2.45) is 11.7 Å². The smallest absolute Gasteiger partial charge is 0.104 e. The highest BCUT2D eigenvalue weighted by Crippen LogP contribution is 2.17. The second-order valence-corrected chi connectivity index (χ2v) is 5.13. The van der Waals surface area contributed by atoms with E-state index < -0.39 is 0 Å². The molecule has 0 bridgehead atoms. The van der Waals surface area contributed by atoms with E-state index in [0.717, 1.165) is 12.1 Å². The van der Waals surface area contributed by atoms with Crippen molar-refractivity contribution >= 4 is 22.9 Å². The van der Waals surface area contributed by atoms with Crippen LogP contribution >= 0.6 is 12.2 Å². The van der Waals surface area contributed by atoms with Gasteiger partial charge in [0, 0.05) is 24.8 Å². The molecule has 0 aromatic heterocycles. The monoisotopic (exact) mass is 250 g/mol. The van der Waals surface area contributed by atoms with Gasteiger partial charge in [-0.1, -0.05) is 44.6 Å². The van der Waals surface area contributed by atoms with Gasteiger partial charge in [0.25, 0.3) is 0 Å². The number of nitrogens with zero attached hydrogens (tertiary/aromatic N) is 1. The Hall–Kier alpha value is -1.09. The quantitative estimate of drug-likeness (QED) is 0.786. The van der Waals surface area contributed by atoms with Crippen molar-refractivity contribution in [3.05, 3.63) is 29.8 Å². The van der Waals surface area contributed by atoms with Crippen LogP contribution in [0.2, 0.25) is 0 Å². The van der Waals surface area contributed by atoms with Crippen molar-refractivity contribution < 1.29 is 0 Å². The second kappa shape index (κ2) is 6.60. The zero-order chi connectivity index (χ0) is 12.8. The fourth-order valence-corrected chi connectivity index (χ4v) is 2.18. The highest BCUT2D eigenvalue weighted by Gasteiger charge is 2.07. The lowest BCUT2D eigenvalue weighted by atomic mass is 10.1. The molecule has 0 saturated carbocycles. The fourth-order valence-electron chi connectivity index (χ4n) is 2.05. The standard InChI is InChI=1S/C14H22N2S/c1-4-6-11(2)10-16(3)13-8-5-7-12(9-13)14(15)17/h5,7-9,11H,4,6,10H2,1-3H3,(H2,15,17). The number of hydrogen-bond acceptors (Lipinski definition) is 2. The van der Waals surface area contributed by atoms with Crippen molar-refractivity contribution in [2.75, 3.05) is 18.5 Å². The summed E-state index contributed by atoms with van der Waals surface area (Å²) in [6.07, 6.45) is 2.50. The molecule has 0 radical (unpaired) electrons. The highest BCUT2D eigenvalue weighted by molar-refractivity contribution is 7.80. The molecule has 0 heterocycles. The Bertz CT molecular complexity index is 376. The minimum atomic E-state index is 0.460. The Morgan fingerprint density at radius 1 is 1.47 bits per heavy atom. The molecule has 2 N–H and O–H groups in total. The zero-order valence-electron chi connectivity index (χ0n) is 10.9. The molecule has 17 heavy (non-hydrogen) atoms. The Kier molecular flexibility index (Phi) is 5.42. The number of rotatable bonds is 6. The molecule has 0 fully saturated rings. The molecule has 1 atom stereocenters. The number of benzene rings is 1. The first-order chi connectivity index (χ1) is 8.04. The molecule has 3 heteroatoms. The van der Waals surface area contributed by atoms with E-state index in [1.165, 1.54) is 18.5 Å². The lowest BCUT2D eigenvalue weighted by molar-refractivity contribution is 0.524. The van der Waals surface area contributed by atoms with Gasteiger partial charge in [0.2, 0.25) is 0 Å². The maximum Gasteiger partial charge on any atom is 0.104 e. The summed E-state index contributed by atoms with van der Waals surface area (Å²) in [7, 11) is 2.12. The van der Waals surface area contributed by atoms with E-state index in [2.05, 4.69) is 37.9 Å². The SMILES string of the molecule is CCCC(C)CN(C)c1cccc(C(N)=S)c1. The Morgan fingerprint density at radius 3 is 2.76 bits per heavy atom. The molecule has 0 aliphatic carbocycles. The maximum atomic E-state index is 5.64. The van der Waals surface area contributed by atoms with Gasteiger partial charge in [-0.15, -0.1) is 0 Å². The van der Waals surface area contributed by atoms with E-state index >= 15 is 0 Å². The molecule has 1 unspecified atom stereocenters. The molecular formula is C14H22N2S. The van der Waals surface area contributed by atoms with E-state index in [4.69, 9.17) is 18.0 Å². The third-order valence-corrected chi connectivity index (χ3v) is 3.17. The van der Waals surface area contributed by atoms with Gasteiger partial charge in [0.05, 0.1) is 0 Å². The molecule has 1 aromatic rings. The van der Waals surface area contributed by atoms with Gasteiger partial charge >= 0.3 is 0 Å². The number of thiocarbonyl (C=S) groups is 1. The van der Waals surface area contributed by atoms with Crippen LogP contribution in [-0.4, -0.2) is 18.6 Å². The van der Waals surface area contributed by atoms with Crippen LogP contribution in [0.4, 0.5) is 5.69 Å². The maximum absolute atomic E-state index is 5.64. The predicted molar refractivity (Wildman–Crippen MR) is 79.7 cm³/mol. The van der Waals surface area contributed by atoms with E-state index in [1.54, 1.807) is 0 Å². The Morgan fingerprint density at radius 2 is 2.18 bits per heavy atom. The predicted octanol–water partition coefficient (Wildman–Crippen LogP) is 3.19. The summed E-state index contributed by atoms with van der Waals surface area (Å²) in [5, 5.41) is 0. The van der Waals surface area contributed by atoms with Gasteiger partial charge in [0.1, 0.15) is 4.99 Å². The molecular weight excluding hydrogens is 228 g/mol. The van der Waals surface area contributed by atoms with E-state index in [9.17, 15) is 0 Å². The summed E-state index contributed by atoms with van der Waals surface area (Å²) < 4.78 is 0. The summed E-state index contributed by atoms with van der Waals surface area (Å²) in [6.45, 7) is 5.58. The summed E-state index contributed by atoms with van der Waals surface area (Å²) in [5.41, 5.74) is 7.76. The average Bonchev–Trinajstić information content (AvgIpc) is 2.29. The van der Waals surface area contributed by atoms with Gasteiger partial charge in [-0.2, -0.15) is 0 Å². The van der Waals surface area contributed by atoms with Crippen LogP contribution in [0.5, 0.6) is 0 Å². The largest absolute Gasteiger partial charge is 0.389 e. The number of hydrogen-bond donors (Lipinski definition) is 1. The topological polar surface area (TPSA) is 29.3 Å². The number of anilines is 1. The molecule has 0 aliphatic heterocycles. The average molecular weight is 250 g/mol. The molecule has 1 rings (SSSR count). The van der Waals surface area contributed by atoms with Crippen LogP contribution in [0.15, 0.2) is 24.3 Å². The normalized spacial score (nSPS) is 12.2. The Balaban J connectivity index is 2.71. The lowest BCUT2D eigenvalue weighted by Gasteiger charge is -2.23. The fraction of sp³-hybridized carbons (Fsp3) is 0.500. The van der Waals surface area contributed by atoms with Crippen LogP contribution in [0.25, 0.3) is 0 Å². The van der Waals surface area contributed by atoms with Gasteiger partial charge in [0.15, 0.2) is 0 Å². The Labute approximate surface area is 110 Å². The van der Waals surface area contributed by atoms with Crippen molar-refractivity contribution in [3.63, 3.8) is 0 Å². The highest BCUT2D eigenvalue weighted by atomic mass is 32.1. The molecule has 0 saturated heterocycles. The van der Waals surface area contributed by atoms with Crippen LogP contribution in [0, 0.1) is 5.92 Å². The first-order valence-electron chi connectivity index (χ1n) is 6.15. The van der Waals surface area contributed by atoms with Crippen LogP contribution < -0.4 is 10.6 Å². The zero-order valence-corrected chi connectivity index (χ0v) is 11.8. The molecule has 94 valence electrons. The lowest BCUT2D eigenvalue weighted by Crippen LogP contribution is -2.24. The summed E-state index contributed by atoms with van der Waals surface area (Å²) >= 11 is 5.00. The first kappa shape index (κ1) is 14.0. The summed E-state index contributed by atoms with van der Waals surface area (Å²) in [5.74, 6) is 0.707. The van der Waals surface area contributed by atoms with E-state index in [1.807, 2.05) is 12.1 Å². The summed E-state index contributed by atoms with van der Waals surface area (Å²) in [4.78, 5) is 2.73. The van der Waals surface area contributed by atoms with Crippen molar-refractivity contribution in [1.82, 2.24) is 0 Å². The second-order valence-electron chi connectivity index (χ2n) is 4.69. The minimum absolute atomic E-state index is 0.460. The van der Waals surface area contributed by atoms with Crippen molar-refractivity contribution in [2.45, 2.75) is 26.7 Å².